The summed E-state index contributed by atoms with van der Waals surface area (Å²) in [6.45, 7) is 0. The Kier molecular flexibility index (Phi) is 1.56. The van der Waals surface area contributed by atoms with Gasteiger partial charge in [0.05, 0.1) is 11.4 Å². The van der Waals surface area contributed by atoms with Crippen LogP contribution in [0.5, 0.6) is 0 Å². The van der Waals surface area contributed by atoms with Crippen molar-refractivity contribution in [2.24, 2.45) is 0 Å². The summed E-state index contributed by atoms with van der Waals surface area (Å²) < 4.78 is 5.05. The maximum atomic E-state index is 4.25. The van der Waals surface area contributed by atoms with Crippen molar-refractivity contribution in [3.8, 4) is 0 Å². The van der Waals surface area contributed by atoms with Gasteiger partial charge in [0.1, 0.15) is 9.24 Å². The molecule has 6 heteroatoms. The molecule has 2 aromatic heterocycles. The second-order valence-corrected chi connectivity index (χ2v) is 4.61. The highest BCUT2D eigenvalue weighted by molar-refractivity contribution is 8.01. The first-order valence-electron chi connectivity index (χ1n) is 3.72. The van der Waals surface area contributed by atoms with Crippen molar-refractivity contribution in [3.05, 3.63) is 23.8 Å². The molecule has 0 spiro atoms. The van der Waals surface area contributed by atoms with Gasteiger partial charge in [-0.2, -0.15) is 0 Å². The number of fused-ring (bicyclic) bond motifs is 2. The van der Waals surface area contributed by atoms with Crippen molar-refractivity contribution in [3.63, 3.8) is 0 Å². The van der Waals surface area contributed by atoms with E-state index in [1.54, 1.807) is 24.2 Å². The Hall–Kier alpha value is -1.01. The Bertz CT molecular complexity index is 414. The lowest BCUT2D eigenvalue weighted by molar-refractivity contribution is 0.873. The van der Waals surface area contributed by atoms with Gasteiger partial charge in [0, 0.05) is 18.8 Å². The molecular formula is C7H4N4S2. The largest absolute Gasteiger partial charge is 0.256 e. The summed E-state index contributed by atoms with van der Waals surface area (Å²) in [6, 6.07) is 0. The van der Waals surface area contributed by atoms with Gasteiger partial charge in [0.15, 0.2) is 0 Å². The number of nitrogens with zero attached hydrogens (tertiary/aromatic N) is 4. The third-order valence-electron chi connectivity index (χ3n) is 1.78. The molecule has 0 saturated heterocycles. The monoisotopic (exact) mass is 208 g/mol. The highest BCUT2D eigenvalue weighted by Crippen LogP contribution is 2.37. The lowest BCUT2D eigenvalue weighted by Crippen LogP contribution is -2.02. The predicted octanol–water partition coefficient (Wildman–Crippen LogP) is 1.38. The lowest BCUT2D eigenvalue weighted by Gasteiger charge is -2.09. The quantitative estimate of drug-likeness (QED) is 0.558. The summed E-state index contributed by atoms with van der Waals surface area (Å²) in [6.07, 6.45) is 4.19. The molecule has 1 aliphatic heterocycles. The van der Waals surface area contributed by atoms with Crippen LogP contribution in [-0.2, 0) is 6.42 Å². The molecule has 4 nitrogen and oxygen atoms in total. The molecule has 0 aromatic carbocycles. The zero-order valence-corrected chi connectivity index (χ0v) is 8.10. The minimum absolute atomic E-state index is 0.766. The predicted molar refractivity (Wildman–Crippen MR) is 48.9 cm³/mol. The molecule has 13 heavy (non-hydrogen) atoms. The standard InChI is InChI=1S/C7H4N4S2/c1-2-9-6-4(8-1)3-5-7(12-6)13-11-10-5/h1-2H,3H2. The highest BCUT2D eigenvalue weighted by atomic mass is 32.2. The first-order chi connectivity index (χ1) is 6.43. The van der Waals surface area contributed by atoms with Crippen molar-refractivity contribution < 1.29 is 0 Å². The van der Waals surface area contributed by atoms with Crippen LogP contribution in [0, 0.1) is 0 Å². The molecule has 0 bridgehead atoms. The molecule has 0 saturated carbocycles. The van der Waals surface area contributed by atoms with Gasteiger partial charge in [-0.3, -0.25) is 4.98 Å². The van der Waals surface area contributed by atoms with E-state index < -0.39 is 0 Å². The van der Waals surface area contributed by atoms with Crippen molar-refractivity contribution in [1.29, 1.82) is 0 Å². The molecule has 3 heterocycles. The van der Waals surface area contributed by atoms with Gasteiger partial charge in [-0.05, 0) is 11.5 Å². The van der Waals surface area contributed by atoms with E-state index in [1.807, 2.05) is 0 Å². The van der Waals surface area contributed by atoms with Crippen LogP contribution in [0.15, 0.2) is 21.6 Å². The molecule has 1 aliphatic rings. The van der Waals surface area contributed by atoms with Crippen LogP contribution in [0.25, 0.3) is 0 Å². The molecule has 64 valence electrons. The van der Waals surface area contributed by atoms with Gasteiger partial charge < -0.3 is 0 Å². The van der Waals surface area contributed by atoms with Crippen LogP contribution in [0.3, 0.4) is 0 Å². The first kappa shape index (κ1) is 7.40. The Balaban J connectivity index is 2.14. The summed E-state index contributed by atoms with van der Waals surface area (Å²) in [5, 5.41) is 5.02. The van der Waals surface area contributed by atoms with Crippen LogP contribution in [0.4, 0.5) is 0 Å². The van der Waals surface area contributed by atoms with Gasteiger partial charge in [-0.1, -0.05) is 16.3 Å². The summed E-state index contributed by atoms with van der Waals surface area (Å²) in [7, 11) is 0. The second kappa shape index (κ2) is 2.74. The molecule has 0 amide bonds. The first-order valence-corrected chi connectivity index (χ1v) is 5.31. The van der Waals surface area contributed by atoms with Crippen LogP contribution in [0.2, 0.25) is 0 Å². The van der Waals surface area contributed by atoms with Crippen molar-refractivity contribution >= 4 is 23.3 Å². The zero-order chi connectivity index (χ0) is 8.67. The van der Waals surface area contributed by atoms with Gasteiger partial charge in [-0.25, -0.2) is 4.98 Å². The van der Waals surface area contributed by atoms with E-state index in [-0.39, 0.29) is 0 Å². The van der Waals surface area contributed by atoms with Crippen LogP contribution in [0.1, 0.15) is 11.4 Å². The minimum Gasteiger partial charge on any atom is -0.256 e. The van der Waals surface area contributed by atoms with Gasteiger partial charge in [-0.15, -0.1) is 5.10 Å². The number of hydrogen-bond acceptors (Lipinski definition) is 6. The van der Waals surface area contributed by atoms with E-state index >= 15 is 0 Å². The summed E-state index contributed by atoms with van der Waals surface area (Å²) in [5.41, 5.74) is 2.04. The fourth-order valence-corrected chi connectivity index (χ4v) is 2.87. The van der Waals surface area contributed by atoms with E-state index in [2.05, 4.69) is 19.6 Å². The Morgan fingerprint density at radius 1 is 1.15 bits per heavy atom. The third-order valence-corrected chi connectivity index (χ3v) is 3.77. The average molecular weight is 208 g/mol. The maximum absolute atomic E-state index is 4.25. The molecule has 0 N–H and O–H groups in total. The van der Waals surface area contributed by atoms with E-state index in [4.69, 9.17) is 0 Å². The van der Waals surface area contributed by atoms with Crippen molar-refractivity contribution in [2.45, 2.75) is 15.7 Å². The van der Waals surface area contributed by atoms with Crippen LogP contribution >= 0.6 is 23.3 Å². The highest BCUT2D eigenvalue weighted by Gasteiger charge is 2.20. The fourth-order valence-electron chi connectivity index (χ4n) is 1.19. The Morgan fingerprint density at radius 2 is 2.08 bits per heavy atom. The second-order valence-electron chi connectivity index (χ2n) is 2.59. The van der Waals surface area contributed by atoms with Gasteiger partial charge >= 0.3 is 0 Å². The molecule has 2 aromatic rings. The molecule has 0 unspecified atom stereocenters. The average Bonchev–Trinajstić information content (AvgIpc) is 2.61. The zero-order valence-electron chi connectivity index (χ0n) is 6.47. The Labute approximate surface area is 82.6 Å². The van der Waals surface area contributed by atoms with Crippen molar-refractivity contribution in [1.82, 2.24) is 19.6 Å². The van der Waals surface area contributed by atoms with Crippen LogP contribution in [-0.4, -0.2) is 19.6 Å². The summed E-state index contributed by atoms with van der Waals surface area (Å²) >= 11 is 3.03. The third kappa shape index (κ3) is 1.13. The van der Waals surface area contributed by atoms with Crippen molar-refractivity contribution in [2.75, 3.05) is 0 Å². The fraction of sp³-hybridized carbons (Fsp3) is 0.143. The molecule has 0 fully saturated rings. The van der Waals surface area contributed by atoms with Gasteiger partial charge in [0.25, 0.3) is 0 Å². The van der Waals surface area contributed by atoms with E-state index in [1.165, 1.54) is 11.5 Å². The lowest BCUT2D eigenvalue weighted by atomic mass is 10.2. The Morgan fingerprint density at radius 3 is 3.08 bits per heavy atom. The SMILES string of the molecule is c1cnc2c(n1)Cc1nnsc1S2. The maximum Gasteiger partial charge on any atom is 0.124 e. The van der Waals surface area contributed by atoms with Gasteiger partial charge in [0.2, 0.25) is 0 Å². The molecule has 3 rings (SSSR count). The summed E-state index contributed by atoms with van der Waals surface area (Å²) in [4.78, 5) is 8.50. The van der Waals surface area contributed by atoms with E-state index in [0.29, 0.717) is 0 Å². The van der Waals surface area contributed by atoms with E-state index in [9.17, 15) is 0 Å². The minimum atomic E-state index is 0.766. The molecule has 0 atom stereocenters. The molecular weight excluding hydrogens is 204 g/mol. The number of hydrogen-bond donors (Lipinski definition) is 0. The normalized spacial score (nSPS) is 13.5. The topological polar surface area (TPSA) is 51.6 Å². The summed E-state index contributed by atoms with van der Waals surface area (Å²) in [5.74, 6) is 0. The molecule has 0 radical (unpaired) electrons. The smallest absolute Gasteiger partial charge is 0.124 e. The number of rotatable bonds is 0. The number of aromatic nitrogens is 4. The van der Waals surface area contributed by atoms with Crippen LogP contribution < -0.4 is 0 Å². The van der Waals surface area contributed by atoms with E-state index in [0.717, 1.165) is 27.0 Å². The molecule has 0 aliphatic carbocycles.